The molecule has 1 unspecified atom stereocenters. The van der Waals surface area contributed by atoms with Crippen molar-refractivity contribution in [2.45, 2.75) is 39.8 Å². The van der Waals surface area contributed by atoms with Gasteiger partial charge >= 0.3 is 0 Å². The van der Waals surface area contributed by atoms with E-state index in [1.165, 1.54) is 11.0 Å². The van der Waals surface area contributed by atoms with Crippen molar-refractivity contribution in [2.24, 2.45) is 0 Å². The van der Waals surface area contributed by atoms with E-state index >= 15 is 0 Å². The summed E-state index contributed by atoms with van der Waals surface area (Å²) in [7, 11) is 1.55. The van der Waals surface area contributed by atoms with Gasteiger partial charge in [-0.3, -0.25) is 9.59 Å². The van der Waals surface area contributed by atoms with Crippen molar-refractivity contribution in [2.75, 3.05) is 20.3 Å². The number of nitrogens with zero attached hydrogens (tertiary/aromatic N) is 1. The first-order chi connectivity index (χ1) is 18.8. The maximum atomic E-state index is 13.5. The quantitative estimate of drug-likeness (QED) is 0.202. The highest BCUT2D eigenvalue weighted by Crippen LogP contribution is 2.43. The highest BCUT2D eigenvalue weighted by molar-refractivity contribution is 6.46. The summed E-state index contributed by atoms with van der Waals surface area (Å²) in [6, 6.07) is 16.1. The third kappa shape index (κ3) is 5.70. The molecule has 1 saturated heterocycles. The molecule has 0 aliphatic carbocycles. The van der Waals surface area contributed by atoms with E-state index in [9.17, 15) is 19.8 Å². The Labute approximate surface area is 228 Å². The van der Waals surface area contributed by atoms with Crippen molar-refractivity contribution in [3.05, 3.63) is 88.5 Å². The summed E-state index contributed by atoms with van der Waals surface area (Å²) in [5.41, 5.74) is 2.40. The van der Waals surface area contributed by atoms with Gasteiger partial charge in [-0.25, -0.2) is 0 Å². The first kappa shape index (κ1) is 27.6. The number of amides is 1. The fourth-order valence-electron chi connectivity index (χ4n) is 4.66. The number of methoxy groups -OCH3 is 1. The Kier molecular flexibility index (Phi) is 8.44. The van der Waals surface area contributed by atoms with Crippen LogP contribution in [-0.2, 0) is 16.1 Å². The number of likely N-dealkylation sites (tertiary alicyclic amines) is 1. The predicted octanol–water partition coefficient (Wildman–Crippen LogP) is 5.52. The lowest BCUT2D eigenvalue weighted by atomic mass is 9.94. The maximum Gasteiger partial charge on any atom is 0.295 e. The van der Waals surface area contributed by atoms with E-state index in [0.717, 1.165) is 17.5 Å². The molecule has 3 aromatic rings. The van der Waals surface area contributed by atoms with Crippen LogP contribution in [0.15, 0.2) is 66.2 Å². The molecule has 0 spiro atoms. The lowest BCUT2D eigenvalue weighted by Crippen LogP contribution is -2.29. The van der Waals surface area contributed by atoms with Crippen molar-refractivity contribution in [1.29, 1.82) is 0 Å². The van der Waals surface area contributed by atoms with Gasteiger partial charge in [0.25, 0.3) is 11.7 Å². The maximum absolute atomic E-state index is 13.5. The molecule has 1 aliphatic rings. The van der Waals surface area contributed by atoms with Crippen LogP contribution in [0, 0.1) is 6.92 Å². The van der Waals surface area contributed by atoms with E-state index in [-0.39, 0.29) is 29.4 Å². The van der Waals surface area contributed by atoms with E-state index in [4.69, 9.17) is 14.2 Å². The number of hydrogen-bond acceptors (Lipinski definition) is 7. The van der Waals surface area contributed by atoms with E-state index < -0.39 is 17.7 Å². The zero-order chi connectivity index (χ0) is 28.1. The Morgan fingerprint density at radius 1 is 0.974 bits per heavy atom. The minimum Gasteiger partial charge on any atom is -0.507 e. The molecule has 3 aromatic carbocycles. The Morgan fingerprint density at radius 2 is 1.77 bits per heavy atom. The lowest BCUT2D eigenvalue weighted by molar-refractivity contribution is -0.140. The van der Waals surface area contributed by atoms with Gasteiger partial charge in [0.15, 0.2) is 11.5 Å². The molecule has 4 rings (SSSR count). The van der Waals surface area contributed by atoms with Gasteiger partial charge in [-0.2, -0.15) is 0 Å². The Morgan fingerprint density at radius 3 is 2.46 bits per heavy atom. The minimum absolute atomic E-state index is 0.0438. The molecule has 2 N–H and O–H groups in total. The standard InChI is InChI=1S/C31H33NO7/c1-5-14-39-25-13-11-22(15-19(25)3)29(34)27-28(21-10-12-24(33)26(17-21)38-6-2)32(31(36)30(27)35)18-20-8-7-9-23(16-20)37-4/h7-13,15-17,28,33-34H,5-6,14,18H2,1-4H3/b29-27-. The van der Waals surface area contributed by atoms with Crippen LogP contribution in [0.4, 0.5) is 0 Å². The molecule has 0 aromatic heterocycles. The summed E-state index contributed by atoms with van der Waals surface area (Å²) in [6.45, 7) is 6.63. The van der Waals surface area contributed by atoms with E-state index in [0.29, 0.717) is 35.8 Å². The minimum atomic E-state index is -0.924. The molecule has 0 bridgehead atoms. The van der Waals surface area contributed by atoms with Crippen LogP contribution < -0.4 is 14.2 Å². The van der Waals surface area contributed by atoms with Crippen LogP contribution >= 0.6 is 0 Å². The van der Waals surface area contributed by atoms with Crippen molar-refractivity contribution in [3.63, 3.8) is 0 Å². The molecule has 1 heterocycles. The first-order valence-corrected chi connectivity index (χ1v) is 12.9. The summed E-state index contributed by atoms with van der Waals surface area (Å²) in [6.07, 6.45) is 0.855. The largest absolute Gasteiger partial charge is 0.507 e. The molecule has 1 fully saturated rings. The van der Waals surface area contributed by atoms with Crippen LogP contribution in [0.1, 0.15) is 48.6 Å². The average molecular weight is 532 g/mol. The topological polar surface area (TPSA) is 106 Å². The number of aromatic hydroxyl groups is 1. The third-order valence-electron chi connectivity index (χ3n) is 6.54. The number of carbonyl (C=O) groups is 2. The molecule has 0 radical (unpaired) electrons. The van der Waals surface area contributed by atoms with E-state index in [2.05, 4.69) is 0 Å². The van der Waals surface area contributed by atoms with Crippen LogP contribution in [-0.4, -0.2) is 47.1 Å². The van der Waals surface area contributed by atoms with Crippen molar-refractivity contribution in [3.8, 4) is 23.0 Å². The summed E-state index contributed by atoms with van der Waals surface area (Å²) in [4.78, 5) is 28.3. The number of benzene rings is 3. The van der Waals surface area contributed by atoms with Gasteiger partial charge in [-0.05, 0) is 79.4 Å². The Balaban J connectivity index is 1.85. The van der Waals surface area contributed by atoms with Gasteiger partial charge in [0.05, 0.1) is 31.9 Å². The Bertz CT molecular complexity index is 1410. The molecule has 8 heteroatoms. The number of phenolic OH excluding ortho intramolecular Hbond substituents is 1. The summed E-state index contributed by atoms with van der Waals surface area (Å²) < 4.78 is 16.6. The highest BCUT2D eigenvalue weighted by atomic mass is 16.5. The second-order valence-corrected chi connectivity index (χ2v) is 9.27. The number of ketones is 1. The lowest BCUT2D eigenvalue weighted by Gasteiger charge is -2.26. The predicted molar refractivity (Wildman–Crippen MR) is 147 cm³/mol. The molecule has 39 heavy (non-hydrogen) atoms. The zero-order valence-electron chi connectivity index (χ0n) is 22.6. The monoisotopic (exact) mass is 531 g/mol. The van der Waals surface area contributed by atoms with E-state index in [1.807, 2.05) is 19.9 Å². The molecule has 8 nitrogen and oxygen atoms in total. The van der Waals surface area contributed by atoms with Gasteiger partial charge < -0.3 is 29.3 Å². The summed E-state index contributed by atoms with van der Waals surface area (Å²) in [5.74, 6) is -0.375. The normalized spacial score (nSPS) is 16.4. The van der Waals surface area contributed by atoms with Crippen molar-refractivity contribution >= 4 is 17.4 Å². The molecular weight excluding hydrogens is 498 g/mol. The van der Waals surface area contributed by atoms with Crippen LogP contribution in [0.2, 0.25) is 0 Å². The van der Waals surface area contributed by atoms with Gasteiger partial charge in [0.1, 0.15) is 17.3 Å². The average Bonchev–Trinajstić information content (AvgIpc) is 3.18. The summed E-state index contributed by atoms with van der Waals surface area (Å²) in [5, 5.41) is 21.7. The van der Waals surface area contributed by atoms with Crippen LogP contribution in [0.5, 0.6) is 23.0 Å². The molecule has 0 saturated carbocycles. The van der Waals surface area contributed by atoms with Gasteiger partial charge in [-0.1, -0.05) is 25.1 Å². The van der Waals surface area contributed by atoms with Crippen LogP contribution in [0.25, 0.3) is 5.76 Å². The second-order valence-electron chi connectivity index (χ2n) is 9.27. The number of aliphatic hydroxyl groups excluding tert-OH is 1. The molecule has 204 valence electrons. The molecule has 1 atom stereocenters. The van der Waals surface area contributed by atoms with Crippen molar-refractivity contribution in [1.82, 2.24) is 4.90 Å². The molecule has 1 aliphatic heterocycles. The molecule has 1 amide bonds. The highest BCUT2D eigenvalue weighted by Gasteiger charge is 2.46. The number of aryl methyl sites for hydroxylation is 1. The smallest absolute Gasteiger partial charge is 0.295 e. The zero-order valence-corrected chi connectivity index (χ0v) is 22.6. The number of rotatable bonds is 10. The fraction of sp³-hybridized carbons (Fsp3) is 0.290. The van der Waals surface area contributed by atoms with Gasteiger partial charge in [0, 0.05) is 12.1 Å². The number of hydrogen-bond donors (Lipinski definition) is 2. The number of aliphatic hydroxyl groups is 1. The fourth-order valence-corrected chi connectivity index (χ4v) is 4.66. The van der Waals surface area contributed by atoms with E-state index in [1.54, 1.807) is 62.6 Å². The first-order valence-electron chi connectivity index (χ1n) is 12.9. The van der Waals surface area contributed by atoms with Gasteiger partial charge in [0.2, 0.25) is 0 Å². The second kappa shape index (κ2) is 11.9. The molecular formula is C31H33NO7. The van der Waals surface area contributed by atoms with Crippen molar-refractivity contribution < 1.29 is 34.0 Å². The number of phenols is 1. The number of Topliss-reactive ketones (excluding diaryl/α,β-unsaturated/α-hetero) is 1. The summed E-state index contributed by atoms with van der Waals surface area (Å²) >= 11 is 0. The van der Waals surface area contributed by atoms with Crippen LogP contribution in [0.3, 0.4) is 0 Å². The Hall–Kier alpha value is -4.46. The number of carbonyl (C=O) groups excluding carboxylic acids is 2. The third-order valence-corrected chi connectivity index (χ3v) is 6.54. The van der Waals surface area contributed by atoms with Gasteiger partial charge in [-0.15, -0.1) is 0 Å². The number of ether oxygens (including phenoxy) is 3. The SMILES string of the molecule is CCCOc1ccc(/C(O)=C2/C(=O)C(=O)N(Cc3cccc(OC)c3)C2c2ccc(O)c(OCC)c2)cc1C.